The topological polar surface area (TPSA) is 119 Å². The first-order chi connectivity index (χ1) is 20.3. The van der Waals surface area contributed by atoms with Crippen molar-refractivity contribution in [1.29, 1.82) is 0 Å². The predicted octanol–water partition coefficient (Wildman–Crippen LogP) is 4.32. The van der Waals surface area contributed by atoms with Crippen LogP contribution in [0.3, 0.4) is 0 Å². The number of hydrogen-bond acceptors (Lipinski definition) is 6. The number of carbonyl (C=O) groups is 3. The second-order valence-electron chi connectivity index (χ2n) is 11.8. The Labute approximate surface area is 257 Å². The van der Waals surface area contributed by atoms with Gasteiger partial charge in [-0.25, -0.2) is 0 Å². The van der Waals surface area contributed by atoms with Crippen LogP contribution in [0.5, 0.6) is 5.75 Å². The summed E-state index contributed by atoms with van der Waals surface area (Å²) in [5.41, 5.74) is 5.70. The number of aryl methyl sites for hydroxylation is 3. The molecule has 1 fully saturated rings. The quantitative estimate of drug-likeness (QED) is 0.289. The number of nitrogens with zero attached hydrogens (tertiary/aromatic N) is 1. The van der Waals surface area contributed by atoms with E-state index in [1.54, 1.807) is 19.1 Å². The Morgan fingerprint density at radius 2 is 1.60 bits per heavy atom. The van der Waals surface area contributed by atoms with Gasteiger partial charge < -0.3 is 25.7 Å². The maximum Gasteiger partial charge on any atom is 0.254 e. The molecule has 4 N–H and O–H groups in total. The molecule has 0 aliphatic carbocycles. The average molecular weight is 604 g/mol. The summed E-state index contributed by atoms with van der Waals surface area (Å²) in [7, 11) is 0. The van der Waals surface area contributed by atoms with Crippen LogP contribution < -0.4 is 10.6 Å². The highest BCUT2D eigenvalue weighted by Crippen LogP contribution is 2.40. The van der Waals surface area contributed by atoms with Gasteiger partial charge in [0.25, 0.3) is 11.8 Å². The minimum atomic E-state index is -1.62. The summed E-state index contributed by atoms with van der Waals surface area (Å²) in [6, 6.07) is 16.4. The van der Waals surface area contributed by atoms with Crippen LogP contribution in [0.4, 0.5) is 0 Å². The minimum absolute atomic E-state index is 0.0228. The molecule has 3 aromatic rings. The van der Waals surface area contributed by atoms with E-state index in [1.165, 1.54) is 22.7 Å². The Kier molecular flexibility index (Phi) is 9.87. The smallest absolute Gasteiger partial charge is 0.254 e. The summed E-state index contributed by atoms with van der Waals surface area (Å²) in [5.74, 6) is -1.24. The number of hydrogen-bond donors (Lipinski definition) is 4. The van der Waals surface area contributed by atoms with E-state index < -0.39 is 34.7 Å². The Hall–Kier alpha value is -3.82. The molecule has 3 amide bonds. The second-order valence-corrected chi connectivity index (χ2v) is 13.4. The van der Waals surface area contributed by atoms with Gasteiger partial charge in [0, 0.05) is 22.4 Å². The molecule has 8 nitrogen and oxygen atoms in total. The molecule has 3 aromatic carbocycles. The van der Waals surface area contributed by atoms with E-state index in [-0.39, 0.29) is 29.5 Å². The number of amides is 3. The Morgan fingerprint density at radius 1 is 0.977 bits per heavy atom. The van der Waals surface area contributed by atoms with Gasteiger partial charge in [0.05, 0.1) is 11.9 Å². The third kappa shape index (κ3) is 7.22. The highest BCUT2D eigenvalue weighted by Gasteiger charge is 2.49. The van der Waals surface area contributed by atoms with Gasteiger partial charge in [-0.1, -0.05) is 54.1 Å². The summed E-state index contributed by atoms with van der Waals surface area (Å²) in [4.78, 5) is 42.3. The molecule has 1 saturated heterocycles. The molecule has 9 heteroatoms. The van der Waals surface area contributed by atoms with E-state index in [1.807, 2.05) is 77.1 Å². The fourth-order valence-corrected chi connectivity index (χ4v) is 6.63. The standard InChI is InChI=1S/C34H41N3O5S/c1-20-13-15-24(16-14-20)17-27(36-31(40)25-11-8-12-28(38)23(25)4)29(39)33(42)37-19-43-34(5,6)30(37)32(41)35-18-26-21(2)9-7-10-22(26)3/h7-16,27,29-30,38-39H,17-19H2,1-6H3,(H,35,41)(H,36,40)/t27-,29-,30?/m0/s1. The second kappa shape index (κ2) is 13.2. The molecular formula is C34H41N3O5S. The molecule has 43 heavy (non-hydrogen) atoms. The Balaban J connectivity index is 1.58. The lowest BCUT2D eigenvalue weighted by atomic mass is 9.96. The molecular weight excluding hydrogens is 562 g/mol. The van der Waals surface area contributed by atoms with Gasteiger partial charge in [0.2, 0.25) is 5.91 Å². The summed E-state index contributed by atoms with van der Waals surface area (Å²) in [6.45, 7) is 11.7. The number of phenolic OH excluding ortho intramolecular Hbond substituents is 1. The van der Waals surface area contributed by atoms with Crippen LogP contribution in [0, 0.1) is 27.7 Å². The van der Waals surface area contributed by atoms with Crippen LogP contribution in [0.25, 0.3) is 0 Å². The molecule has 1 unspecified atom stereocenters. The number of benzene rings is 3. The average Bonchev–Trinajstić information content (AvgIpc) is 3.28. The van der Waals surface area contributed by atoms with E-state index in [4.69, 9.17) is 0 Å². The van der Waals surface area contributed by atoms with Crippen molar-refractivity contribution in [2.45, 2.75) is 77.4 Å². The van der Waals surface area contributed by atoms with Gasteiger partial charge >= 0.3 is 0 Å². The van der Waals surface area contributed by atoms with Crippen LogP contribution in [0.1, 0.15) is 57.6 Å². The summed E-state index contributed by atoms with van der Waals surface area (Å²) in [5, 5.41) is 27.5. The fourth-order valence-electron chi connectivity index (χ4n) is 5.49. The minimum Gasteiger partial charge on any atom is -0.508 e. The van der Waals surface area contributed by atoms with Crippen LogP contribution >= 0.6 is 11.8 Å². The van der Waals surface area contributed by atoms with Crippen molar-refractivity contribution >= 4 is 29.5 Å². The van der Waals surface area contributed by atoms with Crippen molar-refractivity contribution in [3.63, 3.8) is 0 Å². The molecule has 0 spiro atoms. The van der Waals surface area contributed by atoms with Gasteiger partial charge in [0.15, 0.2) is 6.10 Å². The van der Waals surface area contributed by atoms with Crippen LogP contribution in [-0.4, -0.2) is 61.6 Å². The lowest BCUT2D eigenvalue weighted by molar-refractivity contribution is -0.147. The van der Waals surface area contributed by atoms with E-state index >= 15 is 0 Å². The molecule has 1 aliphatic rings. The highest BCUT2D eigenvalue weighted by molar-refractivity contribution is 8.00. The van der Waals surface area contributed by atoms with E-state index in [0.717, 1.165) is 27.8 Å². The number of thioether (sulfide) groups is 1. The number of aliphatic hydroxyl groups excluding tert-OH is 1. The van der Waals surface area contributed by atoms with Crippen molar-refractivity contribution in [2.24, 2.45) is 0 Å². The molecule has 3 atom stereocenters. The molecule has 4 rings (SSSR count). The third-order valence-corrected chi connectivity index (χ3v) is 9.61. The number of aromatic hydroxyl groups is 1. The number of phenols is 1. The van der Waals surface area contributed by atoms with Crippen molar-refractivity contribution < 1.29 is 24.6 Å². The fraction of sp³-hybridized carbons (Fsp3) is 0.382. The molecule has 1 heterocycles. The Morgan fingerprint density at radius 3 is 2.26 bits per heavy atom. The number of rotatable bonds is 9. The predicted molar refractivity (Wildman–Crippen MR) is 170 cm³/mol. The van der Waals surface area contributed by atoms with Crippen LogP contribution in [-0.2, 0) is 22.6 Å². The van der Waals surface area contributed by atoms with Gasteiger partial charge in [-0.3, -0.25) is 14.4 Å². The van der Waals surface area contributed by atoms with Crippen molar-refractivity contribution in [1.82, 2.24) is 15.5 Å². The molecule has 0 bridgehead atoms. The van der Waals surface area contributed by atoms with E-state index in [2.05, 4.69) is 10.6 Å². The largest absolute Gasteiger partial charge is 0.508 e. The first-order valence-corrected chi connectivity index (χ1v) is 15.4. The lowest BCUT2D eigenvalue weighted by Crippen LogP contribution is -2.58. The molecule has 228 valence electrons. The third-order valence-electron chi connectivity index (χ3n) is 8.24. The van der Waals surface area contributed by atoms with Gasteiger partial charge in [-0.15, -0.1) is 11.8 Å². The maximum absolute atomic E-state index is 13.9. The normalized spacial score (nSPS) is 17.3. The van der Waals surface area contributed by atoms with Gasteiger partial charge in [-0.05, 0) is 82.3 Å². The van der Waals surface area contributed by atoms with Gasteiger partial charge in [-0.2, -0.15) is 0 Å². The number of aliphatic hydroxyl groups is 1. The van der Waals surface area contributed by atoms with E-state index in [9.17, 15) is 24.6 Å². The zero-order chi connectivity index (χ0) is 31.5. The first-order valence-electron chi connectivity index (χ1n) is 14.4. The van der Waals surface area contributed by atoms with Crippen molar-refractivity contribution in [2.75, 3.05) is 5.88 Å². The number of nitrogens with one attached hydrogen (secondary N) is 2. The van der Waals surface area contributed by atoms with Crippen LogP contribution in [0.2, 0.25) is 0 Å². The zero-order valence-corrected chi connectivity index (χ0v) is 26.4. The summed E-state index contributed by atoms with van der Waals surface area (Å²) in [6.07, 6.45) is -1.43. The van der Waals surface area contributed by atoms with Crippen LogP contribution in [0.15, 0.2) is 60.7 Å². The Bertz CT molecular complexity index is 1480. The van der Waals surface area contributed by atoms with Gasteiger partial charge in [0.1, 0.15) is 11.8 Å². The molecule has 1 aliphatic heterocycles. The molecule has 0 saturated carbocycles. The molecule has 0 radical (unpaired) electrons. The maximum atomic E-state index is 13.9. The lowest BCUT2D eigenvalue weighted by Gasteiger charge is -2.33. The van der Waals surface area contributed by atoms with Crippen molar-refractivity contribution in [3.05, 3.63) is 99.6 Å². The zero-order valence-electron chi connectivity index (χ0n) is 25.6. The SMILES string of the molecule is Cc1ccc(C[C@H](NC(=O)c2cccc(O)c2C)[C@H](O)C(=O)N2CSC(C)(C)C2C(=O)NCc2c(C)cccc2C)cc1. The highest BCUT2D eigenvalue weighted by atomic mass is 32.2. The van der Waals surface area contributed by atoms with Crippen molar-refractivity contribution in [3.8, 4) is 5.75 Å². The number of carbonyl (C=O) groups excluding carboxylic acids is 3. The first kappa shape index (κ1) is 32.1. The summed E-state index contributed by atoms with van der Waals surface area (Å²) >= 11 is 1.47. The molecule has 0 aromatic heterocycles. The van der Waals surface area contributed by atoms with E-state index in [0.29, 0.717) is 12.1 Å². The summed E-state index contributed by atoms with van der Waals surface area (Å²) < 4.78 is -0.603. The monoisotopic (exact) mass is 603 g/mol.